The van der Waals surface area contributed by atoms with E-state index < -0.39 is 0 Å². The van der Waals surface area contributed by atoms with Crippen LogP contribution in [0.25, 0.3) is 0 Å². The maximum atomic E-state index is 10.1. The highest BCUT2D eigenvalue weighted by Crippen LogP contribution is 2.27. The van der Waals surface area contributed by atoms with Gasteiger partial charge in [0, 0.05) is 32.7 Å². The van der Waals surface area contributed by atoms with Gasteiger partial charge in [0.05, 0.1) is 19.3 Å². The van der Waals surface area contributed by atoms with Crippen molar-refractivity contribution in [2.45, 2.75) is 20.4 Å². The third-order valence-corrected chi connectivity index (χ3v) is 4.89. The first-order valence-corrected chi connectivity index (χ1v) is 9.81. The molecule has 1 saturated heterocycles. The van der Waals surface area contributed by atoms with Crippen LogP contribution in [0.15, 0.2) is 47.5 Å². The number of nitrogens with zero attached hydrogens (tertiary/aromatic N) is 3. The zero-order valence-corrected chi connectivity index (χ0v) is 19.7. The standard InChI is InChI=1S/C22H30N4O2.HI/c1-4-23-22(24-16-18-13-17(2)14-19(15-18)28-3)26-11-9-25(10-12-26)20-7-5-6-8-21(20)27;/h5-8,13-15,27H,4,9-12,16H2,1-3H3,(H,23,24);1H. The highest BCUT2D eigenvalue weighted by atomic mass is 127. The fourth-order valence-electron chi connectivity index (χ4n) is 3.52. The second-order valence-corrected chi connectivity index (χ2v) is 6.99. The number of anilines is 1. The molecule has 0 amide bonds. The minimum absolute atomic E-state index is 0. The summed E-state index contributed by atoms with van der Waals surface area (Å²) in [6.45, 7) is 9.01. The van der Waals surface area contributed by atoms with Crippen molar-refractivity contribution < 1.29 is 9.84 Å². The van der Waals surface area contributed by atoms with E-state index in [0.29, 0.717) is 12.3 Å². The third-order valence-electron chi connectivity index (χ3n) is 4.89. The Bertz CT molecular complexity index is 820. The molecule has 29 heavy (non-hydrogen) atoms. The second-order valence-electron chi connectivity index (χ2n) is 6.99. The molecule has 1 fully saturated rings. The summed E-state index contributed by atoms with van der Waals surface area (Å²) in [4.78, 5) is 9.36. The minimum atomic E-state index is 0. The van der Waals surface area contributed by atoms with E-state index in [1.165, 1.54) is 5.56 Å². The van der Waals surface area contributed by atoms with Gasteiger partial charge in [-0.25, -0.2) is 4.99 Å². The Morgan fingerprint density at radius 3 is 2.52 bits per heavy atom. The van der Waals surface area contributed by atoms with E-state index in [-0.39, 0.29) is 24.0 Å². The molecule has 1 aliphatic rings. The van der Waals surface area contributed by atoms with E-state index in [0.717, 1.165) is 55.7 Å². The Balaban J connectivity index is 0.00000300. The summed E-state index contributed by atoms with van der Waals surface area (Å²) in [5, 5.41) is 13.5. The van der Waals surface area contributed by atoms with Gasteiger partial charge in [0.2, 0.25) is 0 Å². The molecule has 0 saturated carbocycles. The molecule has 0 spiro atoms. The smallest absolute Gasteiger partial charge is 0.194 e. The van der Waals surface area contributed by atoms with Crippen LogP contribution in [0, 0.1) is 6.92 Å². The number of aromatic hydroxyl groups is 1. The van der Waals surface area contributed by atoms with Crippen molar-refractivity contribution in [1.82, 2.24) is 10.2 Å². The van der Waals surface area contributed by atoms with E-state index in [1.54, 1.807) is 13.2 Å². The van der Waals surface area contributed by atoms with Gasteiger partial charge in [-0.05, 0) is 49.2 Å². The quantitative estimate of drug-likeness (QED) is 0.366. The topological polar surface area (TPSA) is 60.3 Å². The Morgan fingerprint density at radius 2 is 1.86 bits per heavy atom. The average molecular weight is 510 g/mol. The highest BCUT2D eigenvalue weighted by molar-refractivity contribution is 14.0. The first-order chi connectivity index (χ1) is 13.6. The first-order valence-electron chi connectivity index (χ1n) is 9.81. The van der Waals surface area contributed by atoms with Crippen molar-refractivity contribution in [2.75, 3.05) is 44.7 Å². The number of methoxy groups -OCH3 is 1. The van der Waals surface area contributed by atoms with Crippen LogP contribution in [0.2, 0.25) is 0 Å². The van der Waals surface area contributed by atoms with Crippen LogP contribution in [0.3, 0.4) is 0 Å². The molecule has 6 nitrogen and oxygen atoms in total. The van der Waals surface area contributed by atoms with Gasteiger partial charge in [-0.2, -0.15) is 0 Å². The Labute approximate surface area is 190 Å². The Morgan fingerprint density at radius 1 is 1.14 bits per heavy atom. The van der Waals surface area contributed by atoms with Crippen LogP contribution in [-0.2, 0) is 6.54 Å². The molecule has 0 unspecified atom stereocenters. The van der Waals surface area contributed by atoms with E-state index >= 15 is 0 Å². The van der Waals surface area contributed by atoms with Crippen molar-refractivity contribution >= 4 is 35.6 Å². The molecule has 3 rings (SSSR count). The number of guanidine groups is 1. The Hall–Kier alpha value is -2.16. The molecule has 2 aromatic rings. The second kappa shape index (κ2) is 11.1. The average Bonchev–Trinajstić information content (AvgIpc) is 2.71. The summed E-state index contributed by atoms with van der Waals surface area (Å²) >= 11 is 0. The molecule has 7 heteroatoms. The molecular weight excluding hydrogens is 479 g/mol. The lowest BCUT2D eigenvalue weighted by molar-refractivity contribution is 0.369. The summed E-state index contributed by atoms with van der Waals surface area (Å²) in [6, 6.07) is 13.7. The number of hydrogen-bond acceptors (Lipinski definition) is 4. The van der Waals surface area contributed by atoms with E-state index in [2.05, 4.69) is 35.0 Å². The van der Waals surface area contributed by atoms with Crippen LogP contribution >= 0.6 is 24.0 Å². The number of aryl methyl sites for hydroxylation is 1. The van der Waals surface area contributed by atoms with Crippen LogP contribution in [0.4, 0.5) is 5.69 Å². The fourth-order valence-corrected chi connectivity index (χ4v) is 3.52. The monoisotopic (exact) mass is 510 g/mol. The summed E-state index contributed by atoms with van der Waals surface area (Å²) < 4.78 is 5.37. The molecule has 1 aliphatic heterocycles. The van der Waals surface area contributed by atoms with Gasteiger partial charge in [-0.1, -0.05) is 18.2 Å². The lowest BCUT2D eigenvalue weighted by Crippen LogP contribution is -2.52. The van der Waals surface area contributed by atoms with Crippen LogP contribution < -0.4 is 15.0 Å². The lowest BCUT2D eigenvalue weighted by atomic mass is 10.1. The minimum Gasteiger partial charge on any atom is -0.506 e. The number of para-hydroxylation sites is 2. The van der Waals surface area contributed by atoms with Crippen molar-refractivity contribution in [3.05, 3.63) is 53.6 Å². The summed E-state index contributed by atoms with van der Waals surface area (Å²) in [5.74, 6) is 2.14. The lowest BCUT2D eigenvalue weighted by Gasteiger charge is -2.37. The molecule has 0 radical (unpaired) electrons. The van der Waals surface area contributed by atoms with E-state index in [4.69, 9.17) is 9.73 Å². The maximum Gasteiger partial charge on any atom is 0.194 e. The maximum absolute atomic E-state index is 10.1. The molecular formula is C22H31IN4O2. The number of halogens is 1. The van der Waals surface area contributed by atoms with Crippen molar-refractivity contribution in [2.24, 2.45) is 4.99 Å². The van der Waals surface area contributed by atoms with Crippen LogP contribution in [-0.4, -0.2) is 55.8 Å². The van der Waals surface area contributed by atoms with Gasteiger partial charge in [0.15, 0.2) is 5.96 Å². The largest absolute Gasteiger partial charge is 0.506 e. The zero-order chi connectivity index (χ0) is 19.9. The molecule has 158 valence electrons. The van der Waals surface area contributed by atoms with Gasteiger partial charge in [0.1, 0.15) is 11.5 Å². The molecule has 1 heterocycles. The normalized spacial score (nSPS) is 14.4. The van der Waals surface area contributed by atoms with Crippen LogP contribution in [0.1, 0.15) is 18.1 Å². The van der Waals surface area contributed by atoms with Gasteiger partial charge in [0.25, 0.3) is 0 Å². The predicted octanol–water partition coefficient (Wildman–Crippen LogP) is 3.61. The predicted molar refractivity (Wildman–Crippen MR) is 130 cm³/mol. The van der Waals surface area contributed by atoms with E-state index in [9.17, 15) is 5.11 Å². The van der Waals surface area contributed by atoms with E-state index in [1.807, 2.05) is 30.3 Å². The van der Waals surface area contributed by atoms with Gasteiger partial charge >= 0.3 is 0 Å². The third kappa shape index (κ3) is 6.16. The van der Waals surface area contributed by atoms with Crippen molar-refractivity contribution in [1.29, 1.82) is 0 Å². The Kier molecular flexibility index (Phi) is 8.88. The number of ether oxygens (including phenoxy) is 1. The number of phenolic OH excluding ortho intramolecular Hbond substituents is 1. The summed E-state index contributed by atoms with van der Waals surface area (Å²) in [6.07, 6.45) is 0. The van der Waals surface area contributed by atoms with Crippen LogP contribution in [0.5, 0.6) is 11.5 Å². The summed E-state index contributed by atoms with van der Waals surface area (Å²) in [5.41, 5.74) is 3.21. The first kappa shape index (κ1) is 23.1. The SMILES string of the molecule is CCNC(=NCc1cc(C)cc(OC)c1)N1CCN(c2ccccc2O)CC1.I. The zero-order valence-electron chi connectivity index (χ0n) is 17.4. The highest BCUT2D eigenvalue weighted by Gasteiger charge is 2.21. The molecule has 0 aliphatic carbocycles. The van der Waals surface area contributed by atoms with Gasteiger partial charge < -0.3 is 25.0 Å². The molecule has 2 N–H and O–H groups in total. The fraction of sp³-hybridized carbons (Fsp3) is 0.409. The number of hydrogen-bond donors (Lipinski definition) is 2. The number of benzene rings is 2. The number of rotatable bonds is 5. The number of nitrogens with one attached hydrogen (secondary N) is 1. The van der Waals surface area contributed by atoms with Crippen molar-refractivity contribution in [3.8, 4) is 11.5 Å². The summed E-state index contributed by atoms with van der Waals surface area (Å²) in [7, 11) is 1.69. The molecule has 0 bridgehead atoms. The number of phenols is 1. The van der Waals surface area contributed by atoms with Gasteiger partial charge in [-0.3, -0.25) is 0 Å². The molecule has 2 aromatic carbocycles. The number of aliphatic imine (C=N–C) groups is 1. The molecule has 0 atom stereocenters. The van der Waals surface area contributed by atoms with Gasteiger partial charge in [-0.15, -0.1) is 24.0 Å². The number of piperazine rings is 1. The van der Waals surface area contributed by atoms with Crippen molar-refractivity contribution in [3.63, 3.8) is 0 Å². The molecule has 0 aromatic heterocycles.